The molecule has 0 unspecified atom stereocenters. The molecule has 0 aliphatic carbocycles. The van der Waals surface area contributed by atoms with Gasteiger partial charge in [-0.3, -0.25) is 9.69 Å². The molecular formula is C12H11ClN2O3. The molecule has 0 spiro atoms. The smallest absolute Gasteiger partial charge is 0.269 e. The Labute approximate surface area is 109 Å². The zero-order chi connectivity index (χ0) is 13.7. The number of amides is 3. The summed E-state index contributed by atoms with van der Waals surface area (Å²) in [6.07, 6.45) is 1.13. The van der Waals surface area contributed by atoms with Crippen molar-refractivity contribution in [2.24, 2.45) is 4.99 Å². The first kappa shape index (κ1) is 14.1. The van der Waals surface area contributed by atoms with Crippen molar-refractivity contribution >= 4 is 29.6 Å². The van der Waals surface area contributed by atoms with Gasteiger partial charge >= 0.3 is 6.03 Å². The molecule has 0 N–H and O–H groups in total. The van der Waals surface area contributed by atoms with Gasteiger partial charge in [-0.05, 0) is 38.1 Å². The van der Waals surface area contributed by atoms with Crippen LogP contribution in [0.2, 0.25) is 5.02 Å². The van der Waals surface area contributed by atoms with Crippen molar-refractivity contribution in [2.45, 2.75) is 19.9 Å². The molecule has 0 fully saturated rings. The third-order valence-electron chi connectivity index (χ3n) is 2.17. The van der Waals surface area contributed by atoms with Crippen molar-refractivity contribution in [3.05, 3.63) is 34.9 Å². The summed E-state index contributed by atoms with van der Waals surface area (Å²) >= 11 is 5.71. The molecular weight excluding hydrogens is 256 g/mol. The van der Waals surface area contributed by atoms with Gasteiger partial charge in [0.1, 0.15) is 0 Å². The molecule has 0 saturated carbocycles. The molecule has 3 amide bonds. The van der Waals surface area contributed by atoms with Crippen LogP contribution in [0.4, 0.5) is 4.79 Å². The van der Waals surface area contributed by atoms with E-state index in [9.17, 15) is 14.4 Å². The number of isocyanates is 1. The minimum atomic E-state index is -0.931. The third-order valence-corrected chi connectivity index (χ3v) is 2.43. The molecule has 1 aromatic rings. The molecule has 0 aliphatic heterocycles. The summed E-state index contributed by atoms with van der Waals surface area (Å²) in [7, 11) is 0. The number of halogens is 1. The van der Waals surface area contributed by atoms with Gasteiger partial charge in [-0.1, -0.05) is 11.6 Å². The fourth-order valence-electron chi connectivity index (χ4n) is 1.37. The van der Waals surface area contributed by atoms with E-state index in [2.05, 4.69) is 4.99 Å². The van der Waals surface area contributed by atoms with Crippen LogP contribution in [0.25, 0.3) is 0 Å². The van der Waals surface area contributed by atoms with Gasteiger partial charge in [0, 0.05) is 16.6 Å². The van der Waals surface area contributed by atoms with Crippen LogP contribution in [0.3, 0.4) is 0 Å². The van der Waals surface area contributed by atoms with Gasteiger partial charge in [-0.15, -0.1) is 4.99 Å². The van der Waals surface area contributed by atoms with Gasteiger partial charge in [0.2, 0.25) is 6.08 Å². The Morgan fingerprint density at radius 2 is 1.83 bits per heavy atom. The molecule has 1 rings (SSSR count). The highest BCUT2D eigenvalue weighted by atomic mass is 35.5. The van der Waals surface area contributed by atoms with Crippen LogP contribution in [0.1, 0.15) is 24.2 Å². The molecule has 0 heterocycles. The molecule has 0 saturated heterocycles. The number of hydrogen-bond acceptors (Lipinski definition) is 3. The summed E-state index contributed by atoms with van der Waals surface area (Å²) in [5.74, 6) is -0.536. The van der Waals surface area contributed by atoms with E-state index in [0.717, 1.165) is 11.0 Å². The largest absolute Gasteiger partial charge is 0.361 e. The van der Waals surface area contributed by atoms with Crippen LogP contribution in [0, 0.1) is 0 Å². The van der Waals surface area contributed by atoms with Gasteiger partial charge in [0.25, 0.3) is 5.91 Å². The predicted octanol–water partition coefficient (Wildman–Crippen LogP) is 2.65. The molecule has 5 nitrogen and oxygen atoms in total. The van der Waals surface area contributed by atoms with Crippen molar-refractivity contribution in [3.63, 3.8) is 0 Å². The zero-order valence-corrected chi connectivity index (χ0v) is 10.6. The van der Waals surface area contributed by atoms with Crippen LogP contribution >= 0.6 is 11.6 Å². The van der Waals surface area contributed by atoms with E-state index in [0.29, 0.717) is 10.6 Å². The molecule has 1 aromatic carbocycles. The van der Waals surface area contributed by atoms with E-state index in [4.69, 9.17) is 11.6 Å². The monoisotopic (exact) mass is 266 g/mol. The van der Waals surface area contributed by atoms with E-state index >= 15 is 0 Å². The number of carbonyl (C=O) groups excluding carboxylic acids is 3. The van der Waals surface area contributed by atoms with Gasteiger partial charge in [0.15, 0.2) is 0 Å². The quantitative estimate of drug-likeness (QED) is 0.610. The molecule has 94 valence electrons. The summed E-state index contributed by atoms with van der Waals surface area (Å²) in [5, 5.41) is 0.486. The Kier molecular flexibility index (Phi) is 4.77. The van der Waals surface area contributed by atoms with Crippen LogP contribution in [-0.2, 0) is 4.79 Å². The highest BCUT2D eigenvalue weighted by Crippen LogP contribution is 2.14. The second-order valence-corrected chi connectivity index (χ2v) is 4.20. The Hall–Kier alpha value is -1.97. The summed E-state index contributed by atoms with van der Waals surface area (Å²) in [6.45, 7) is 3.29. The van der Waals surface area contributed by atoms with Crippen LogP contribution in [0.15, 0.2) is 29.3 Å². The molecule has 0 aliphatic rings. The standard InChI is InChI=1S/C12H11ClN2O3/c1-8(2)15(12(18)14-7-16)11(17)9-3-5-10(13)6-4-9/h3-6,8H,1-2H3. The number of rotatable bonds is 2. The van der Waals surface area contributed by atoms with Crippen molar-refractivity contribution in [1.82, 2.24) is 4.90 Å². The highest BCUT2D eigenvalue weighted by Gasteiger charge is 2.25. The molecule has 18 heavy (non-hydrogen) atoms. The maximum Gasteiger partial charge on any atom is 0.361 e. The zero-order valence-electron chi connectivity index (χ0n) is 9.88. The minimum Gasteiger partial charge on any atom is -0.269 e. The SMILES string of the molecule is CC(C)N(C(=O)N=C=O)C(=O)c1ccc(Cl)cc1. The lowest BCUT2D eigenvalue weighted by atomic mass is 10.2. The lowest BCUT2D eigenvalue weighted by molar-refractivity contribution is 0.0772. The minimum absolute atomic E-state index is 0.294. The number of benzene rings is 1. The first-order valence-corrected chi connectivity index (χ1v) is 5.56. The molecule has 0 aromatic heterocycles. The molecule has 6 heteroatoms. The lowest BCUT2D eigenvalue weighted by Crippen LogP contribution is -2.40. The van der Waals surface area contributed by atoms with Crippen molar-refractivity contribution in [3.8, 4) is 0 Å². The van der Waals surface area contributed by atoms with Gasteiger partial charge in [0.05, 0.1) is 0 Å². The van der Waals surface area contributed by atoms with Crippen molar-refractivity contribution in [1.29, 1.82) is 0 Å². The normalized spacial score (nSPS) is 9.78. The third kappa shape index (κ3) is 3.26. The topological polar surface area (TPSA) is 66.8 Å². The van der Waals surface area contributed by atoms with Crippen molar-refractivity contribution < 1.29 is 14.4 Å². The average molecular weight is 267 g/mol. The van der Waals surface area contributed by atoms with E-state index in [-0.39, 0.29) is 0 Å². The maximum absolute atomic E-state index is 12.1. The summed E-state index contributed by atoms with van der Waals surface area (Å²) in [5.41, 5.74) is 0.294. The van der Waals surface area contributed by atoms with Gasteiger partial charge in [-0.25, -0.2) is 9.59 Å². The van der Waals surface area contributed by atoms with E-state index in [1.807, 2.05) is 0 Å². The van der Waals surface area contributed by atoms with Gasteiger partial charge < -0.3 is 0 Å². The number of urea groups is 1. The number of hydrogen-bond donors (Lipinski definition) is 0. The fourth-order valence-corrected chi connectivity index (χ4v) is 1.49. The first-order chi connectivity index (χ1) is 8.47. The number of carbonyl (C=O) groups is 2. The lowest BCUT2D eigenvalue weighted by Gasteiger charge is -2.21. The number of imide groups is 1. The Bertz CT molecular complexity index is 505. The molecule has 0 radical (unpaired) electrons. The summed E-state index contributed by atoms with van der Waals surface area (Å²) in [6, 6.07) is 4.73. The average Bonchev–Trinajstić information content (AvgIpc) is 2.29. The highest BCUT2D eigenvalue weighted by molar-refractivity contribution is 6.30. The maximum atomic E-state index is 12.1. The molecule has 0 atom stereocenters. The second-order valence-electron chi connectivity index (χ2n) is 3.76. The van der Waals surface area contributed by atoms with E-state index in [1.54, 1.807) is 26.0 Å². The Morgan fingerprint density at radius 1 is 1.28 bits per heavy atom. The Balaban J connectivity index is 3.07. The van der Waals surface area contributed by atoms with E-state index in [1.165, 1.54) is 12.1 Å². The number of nitrogens with zero attached hydrogens (tertiary/aromatic N) is 2. The summed E-state index contributed by atoms with van der Waals surface area (Å²) < 4.78 is 0. The fraction of sp³-hybridized carbons (Fsp3) is 0.250. The second kappa shape index (κ2) is 6.10. The van der Waals surface area contributed by atoms with Crippen LogP contribution in [0.5, 0.6) is 0 Å². The van der Waals surface area contributed by atoms with Crippen LogP contribution in [-0.4, -0.2) is 29.0 Å². The predicted molar refractivity (Wildman–Crippen MR) is 66.3 cm³/mol. The van der Waals surface area contributed by atoms with Crippen LogP contribution < -0.4 is 0 Å². The first-order valence-electron chi connectivity index (χ1n) is 5.18. The molecule has 0 bridgehead atoms. The van der Waals surface area contributed by atoms with E-state index < -0.39 is 18.0 Å². The van der Waals surface area contributed by atoms with Gasteiger partial charge in [-0.2, -0.15) is 0 Å². The van der Waals surface area contributed by atoms with Crippen molar-refractivity contribution in [2.75, 3.05) is 0 Å². The summed E-state index contributed by atoms with van der Waals surface area (Å²) in [4.78, 5) is 37.5. The Morgan fingerprint density at radius 3 is 2.28 bits per heavy atom. The number of aliphatic imine (C=N–C) groups is 1.